The number of hydrogen-bond donors (Lipinski definition) is 1. The molecule has 0 fully saturated rings. The minimum Gasteiger partial charge on any atom is -0.397 e. The molecule has 3 heterocycles. The first-order valence-corrected chi connectivity index (χ1v) is 5.15. The van der Waals surface area contributed by atoms with E-state index >= 15 is 0 Å². The molecule has 0 amide bonds. The van der Waals surface area contributed by atoms with Crippen molar-refractivity contribution < 1.29 is 0 Å². The molecule has 0 bridgehead atoms. The van der Waals surface area contributed by atoms with Gasteiger partial charge in [0.2, 0.25) is 0 Å². The van der Waals surface area contributed by atoms with Gasteiger partial charge >= 0.3 is 0 Å². The molecule has 6 heteroatoms. The molecule has 0 unspecified atom stereocenters. The number of fused-ring (bicyclic) bond motifs is 1. The van der Waals surface area contributed by atoms with Gasteiger partial charge < -0.3 is 15.2 Å². The van der Waals surface area contributed by atoms with Crippen LogP contribution in [0.5, 0.6) is 0 Å². The molecule has 0 aromatic carbocycles. The molecular weight excluding hydrogens is 204 g/mol. The van der Waals surface area contributed by atoms with Gasteiger partial charge in [-0.05, 0) is 6.07 Å². The van der Waals surface area contributed by atoms with E-state index in [1.165, 1.54) is 0 Å². The first-order chi connectivity index (χ1) is 7.83. The number of nitrogen functional groups attached to an aromatic ring is 1. The van der Waals surface area contributed by atoms with Gasteiger partial charge in [0, 0.05) is 19.3 Å². The van der Waals surface area contributed by atoms with Crippen molar-refractivity contribution in [1.82, 2.24) is 19.7 Å². The van der Waals surface area contributed by atoms with E-state index in [9.17, 15) is 0 Å². The van der Waals surface area contributed by atoms with E-state index in [1.807, 2.05) is 12.3 Å². The van der Waals surface area contributed by atoms with E-state index in [0.717, 1.165) is 31.1 Å². The molecule has 0 aliphatic carbocycles. The van der Waals surface area contributed by atoms with Crippen molar-refractivity contribution in [2.75, 3.05) is 17.2 Å². The average Bonchev–Trinajstić information content (AvgIpc) is 2.75. The van der Waals surface area contributed by atoms with Gasteiger partial charge in [0.15, 0.2) is 5.82 Å². The molecule has 3 rings (SSSR count). The van der Waals surface area contributed by atoms with Crippen LogP contribution in [0.15, 0.2) is 24.8 Å². The van der Waals surface area contributed by atoms with Crippen LogP contribution in [0.3, 0.4) is 0 Å². The van der Waals surface area contributed by atoms with Crippen LogP contribution in [0.25, 0.3) is 0 Å². The summed E-state index contributed by atoms with van der Waals surface area (Å²) in [7, 11) is 0. The van der Waals surface area contributed by atoms with Crippen LogP contribution < -0.4 is 10.6 Å². The third-order valence-electron chi connectivity index (χ3n) is 2.75. The zero-order valence-electron chi connectivity index (χ0n) is 8.74. The van der Waals surface area contributed by atoms with Crippen molar-refractivity contribution in [1.29, 1.82) is 0 Å². The van der Waals surface area contributed by atoms with Gasteiger partial charge in [-0.25, -0.2) is 0 Å². The fourth-order valence-electron chi connectivity index (χ4n) is 1.90. The van der Waals surface area contributed by atoms with Crippen LogP contribution in [0.2, 0.25) is 0 Å². The SMILES string of the molecule is Nc1cncc(N2CCn3cnnc3C2)c1. The summed E-state index contributed by atoms with van der Waals surface area (Å²) < 4.78 is 2.07. The third-order valence-corrected chi connectivity index (χ3v) is 2.75. The van der Waals surface area contributed by atoms with Crippen molar-refractivity contribution in [2.24, 2.45) is 0 Å². The minimum atomic E-state index is 0.685. The second kappa shape index (κ2) is 3.48. The molecule has 0 radical (unpaired) electrons. The quantitative estimate of drug-likeness (QED) is 0.741. The number of nitrogens with zero attached hydrogens (tertiary/aromatic N) is 5. The van der Waals surface area contributed by atoms with E-state index in [-0.39, 0.29) is 0 Å². The maximum atomic E-state index is 5.72. The summed E-state index contributed by atoms with van der Waals surface area (Å²) in [6.07, 6.45) is 5.24. The maximum absolute atomic E-state index is 5.72. The zero-order chi connectivity index (χ0) is 11.0. The monoisotopic (exact) mass is 216 g/mol. The Hall–Kier alpha value is -2.11. The second-order valence-electron chi connectivity index (χ2n) is 3.84. The van der Waals surface area contributed by atoms with Crippen LogP contribution in [-0.4, -0.2) is 26.3 Å². The summed E-state index contributed by atoms with van der Waals surface area (Å²) in [5, 5.41) is 7.97. The Morgan fingerprint density at radius 1 is 1.25 bits per heavy atom. The Balaban J connectivity index is 1.88. The molecule has 1 aliphatic heterocycles. The summed E-state index contributed by atoms with van der Waals surface area (Å²) >= 11 is 0. The van der Waals surface area contributed by atoms with Gasteiger partial charge in [-0.2, -0.15) is 0 Å². The molecule has 1 aliphatic rings. The van der Waals surface area contributed by atoms with Crippen LogP contribution in [0.4, 0.5) is 11.4 Å². The number of pyridine rings is 1. The molecule has 16 heavy (non-hydrogen) atoms. The maximum Gasteiger partial charge on any atom is 0.152 e. The Kier molecular flexibility index (Phi) is 1.99. The number of nitrogens with two attached hydrogens (primary N) is 1. The van der Waals surface area contributed by atoms with Crippen molar-refractivity contribution in [3.05, 3.63) is 30.6 Å². The standard InChI is InChI=1S/C10H12N6/c11-8-3-9(5-12-4-8)15-1-2-16-7-13-14-10(16)6-15/h3-5,7H,1-2,6,11H2. The van der Waals surface area contributed by atoms with E-state index in [2.05, 4.69) is 24.6 Å². The second-order valence-corrected chi connectivity index (χ2v) is 3.84. The van der Waals surface area contributed by atoms with Gasteiger partial charge in [-0.15, -0.1) is 10.2 Å². The molecule has 2 aromatic heterocycles. The lowest BCUT2D eigenvalue weighted by molar-refractivity contribution is 0.559. The molecule has 2 N–H and O–H groups in total. The molecule has 82 valence electrons. The number of hydrogen-bond acceptors (Lipinski definition) is 5. The third kappa shape index (κ3) is 1.48. The van der Waals surface area contributed by atoms with Gasteiger partial charge in [0.05, 0.1) is 24.1 Å². The average molecular weight is 216 g/mol. The molecule has 0 saturated heterocycles. The summed E-state index contributed by atoms with van der Waals surface area (Å²) in [6, 6.07) is 1.93. The van der Waals surface area contributed by atoms with E-state index in [4.69, 9.17) is 5.73 Å². The van der Waals surface area contributed by atoms with Crippen molar-refractivity contribution >= 4 is 11.4 Å². The lowest BCUT2D eigenvalue weighted by atomic mass is 10.3. The lowest BCUT2D eigenvalue weighted by Gasteiger charge is -2.28. The summed E-state index contributed by atoms with van der Waals surface area (Å²) in [6.45, 7) is 2.58. The predicted octanol–water partition coefficient (Wildman–Crippen LogP) is 0.275. The van der Waals surface area contributed by atoms with Crippen molar-refractivity contribution in [3.63, 3.8) is 0 Å². The molecule has 2 aromatic rings. The minimum absolute atomic E-state index is 0.685. The Morgan fingerprint density at radius 2 is 2.19 bits per heavy atom. The highest BCUT2D eigenvalue weighted by atomic mass is 15.3. The summed E-state index contributed by atoms with van der Waals surface area (Å²) in [4.78, 5) is 6.30. The molecule has 6 nitrogen and oxygen atoms in total. The largest absolute Gasteiger partial charge is 0.397 e. The van der Waals surface area contributed by atoms with Crippen LogP contribution in [0.1, 0.15) is 5.82 Å². The van der Waals surface area contributed by atoms with Crippen molar-refractivity contribution in [3.8, 4) is 0 Å². The van der Waals surface area contributed by atoms with Gasteiger partial charge in [-0.1, -0.05) is 0 Å². The Labute approximate surface area is 92.7 Å². The Bertz CT molecular complexity index is 506. The highest BCUT2D eigenvalue weighted by Gasteiger charge is 2.17. The summed E-state index contributed by atoms with van der Waals surface area (Å²) in [5.41, 5.74) is 7.44. The van der Waals surface area contributed by atoms with Gasteiger partial charge in [-0.3, -0.25) is 4.98 Å². The zero-order valence-corrected chi connectivity index (χ0v) is 8.74. The fraction of sp³-hybridized carbons (Fsp3) is 0.300. The highest BCUT2D eigenvalue weighted by Crippen LogP contribution is 2.20. The number of aromatic nitrogens is 4. The first-order valence-electron chi connectivity index (χ1n) is 5.15. The molecule has 0 saturated carbocycles. The van der Waals surface area contributed by atoms with Gasteiger partial charge in [0.25, 0.3) is 0 Å². The lowest BCUT2D eigenvalue weighted by Crippen LogP contribution is -2.33. The van der Waals surface area contributed by atoms with E-state index < -0.39 is 0 Å². The smallest absolute Gasteiger partial charge is 0.152 e. The van der Waals surface area contributed by atoms with Gasteiger partial charge in [0.1, 0.15) is 6.33 Å². The molecule has 0 atom stereocenters. The highest BCUT2D eigenvalue weighted by molar-refractivity contribution is 5.53. The van der Waals surface area contributed by atoms with Crippen LogP contribution >= 0.6 is 0 Å². The van der Waals surface area contributed by atoms with Crippen LogP contribution in [0, 0.1) is 0 Å². The van der Waals surface area contributed by atoms with Crippen molar-refractivity contribution in [2.45, 2.75) is 13.1 Å². The molecule has 0 spiro atoms. The molecular formula is C10H12N6. The Morgan fingerprint density at radius 3 is 3.06 bits per heavy atom. The summed E-state index contributed by atoms with van der Waals surface area (Å²) in [5.74, 6) is 0.980. The number of rotatable bonds is 1. The van der Waals surface area contributed by atoms with Crippen LogP contribution in [-0.2, 0) is 13.1 Å². The normalized spacial score (nSPS) is 14.9. The number of anilines is 2. The fourth-order valence-corrected chi connectivity index (χ4v) is 1.90. The topological polar surface area (TPSA) is 72.9 Å². The van der Waals surface area contributed by atoms with E-state index in [0.29, 0.717) is 5.69 Å². The first kappa shape index (κ1) is 9.14. The van der Waals surface area contributed by atoms with E-state index in [1.54, 1.807) is 12.5 Å². The predicted molar refractivity (Wildman–Crippen MR) is 59.7 cm³/mol.